The first kappa shape index (κ1) is 19.3. The highest BCUT2D eigenvalue weighted by atomic mass is 19.3. The number of benzene rings is 1. The summed E-state index contributed by atoms with van der Waals surface area (Å²) in [6, 6.07) is 1.09. The fourth-order valence-electron chi connectivity index (χ4n) is 3.61. The normalized spacial score (nSPS) is 15.0. The molecule has 0 amide bonds. The molecule has 29 heavy (non-hydrogen) atoms. The number of fused-ring (bicyclic) bond motifs is 1. The quantitative estimate of drug-likeness (QED) is 0.509. The van der Waals surface area contributed by atoms with Gasteiger partial charge in [0.25, 0.3) is 12.4 Å². The van der Waals surface area contributed by atoms with Crippen LogP contribution in [0.25, 0.3) is 16.8 Å². The number of ether oxygens (including phenoxy) is 1. The molecule has 1 fully saturated rings. The zero-order chi connectivity index (χ0) is 20.7. The van der Waals surface area contributed by atoms with Crippen molar-refractivity contribution in [3.63, 3.8) is 0 Å². The van der Waals surface area contributed by atoms with E-state index in [4.69, 9.17) is 4.74 Å². The Labute approximate surface area is 160 Å². The van der Waals surface area contributed by atoms with Crippen LogP contribution in [0.3, 0.4) is 0 Å². The highest BCUT2D eigenvalue weighted by Crippen LogP contribution is 2.40. The molecular weight excluding hydrogens is 399 g/mol. The average molecular weight is 414 g/mol. The third kappa shape index (κ3) is 3.56. The van der Waals surface area contributed by atoms with E-state index in [-0.39, 0.29) is 22.7 Å². The predicted molar refractivity (Wildman–Crippen MR) is 91.6 cm³/mol. The lowest BCUT2D eigenvalue weighted by atomic mass is 9.95. The summed E-state index contributed by atoms with van der Waals surface area (Å²) in [5, 5.41) is 4.26. The summed E-state index contributed by atoms with van der Waals surface area (Å²) in [5.41, 5.74) is -0.464. The molecule has 1 aliphatic rings. The second-order valence-corrected chi connectivity index (χ2v) is 6.78. The number of nitrogens with one attached hydrogen (secondary N) is 1. The first-order valence-electron chi connectivity index (χ1n) is 8.94. The number of hydrogen-bond donors (Lipinski definition) is 1. The average Bonchev–Trinajstić information content (AvgIpc) is 3.31. The second kappa shape index (κ2) is 7.45. The molecule has 0 unspecified atom stereocenters. The van der Waals surface area contributed by atoms with Crippen molar-refractivity contribution in [2.45, 2.75) is 38.0 Å². The maximum absolute atomic E-state index is 13.9. The Morgan fingerprint density at radius 3 is 2.45 bits per heavy atom. The van der Waals surface area contributed by atoms with E-state index in [1.807, 2.05) is 0 Å². The number of alkyl halides is 2. The Bertz CT molecular complexity index is 1100. The van der Waals surface area contributed by atoms with Crippen molar-refractivity contribution < 1.29 is 26.7 Å². The molecule has 2 aromatic heterocycles. The summed E-state index contributed by atoms with van der Waals surface area (Å²) >= 11 is 0. The smallest absolute Gasteiger partial charge is 0.352 e. The Morgan fingerprint density at radius 1 is 1.17 bits per heavy atom. The number of aromatic nitrogens is 4. The van der Waals surface area contributed by atoms with Crippen LogP contribution in [0.4, 0.5) is 22.0 Å². The van der Waals surface area contributed by atoms with Crippen LogP contribution in [-0.2, 0) is 0 Å². The maximum Gasteiger partial charge on any atom is 0.352 e. The number of H-pyrrole nitrogens is 1. The minimum Gasteiger partial charge on any atom is -0.459 e. The van der Waals surface area contributed by atoms with Crippen LogP contribution in [0.2, 0.25) is 0 Å². The molecule has 0 bridgehead atoms. The van der Waals surface area contributed by atoms with Crippen LogP contribution in [0, 0.1) is 17.5 Å². The summed E-state index contributed by atoms with van der Waals surface area (Å²) in [6.07, 6.45) is 0.522. The van der Waals surface area contributed by atoms with Gasteiger partial charge in [0.05, 0.1) is 11.3 Å². The van der Waals surface area contributed by atoms with Gasteiger partial charge in [-0.1, -0.05) is 12.8 Å². The van der Waals surface area contributed by atoms with Crippen molar-refractivity contribution in [3.8, 4) is 17.1 Å². The van der Waals surface area contributed by atoms with Crippen LogP contribution in [0.1, 0.15) is 37.3 Å². The molecule has 0 aliphatic heterocycles. The summed E-state index contributed by atoms with van der Waals surface area (Å²) in [5.74, 6) is -4.53. The number of aromatic amines is 1. The van der Waals surface area contributed by atoms with Gasteiger partial charge in [0.15, 0.2) is 29.7 Å². The van der Waals surface area contributed by atoms with Gasteiger partial charge in [-0.25, -0.2) is 26.7 Å². The molecule has 0 saturated heterocycles. The minimum absolute atomic E-state index is 0.0591. The van der Waals surface area contributed by atoms with Crippen LogP contribution < -0.4 is 10.4 Å². The summed E-state index contributed by atoms with van der Waals surface area (Å²) in [6.45, 7) is -1.00. The molecule has 1 aliphatic carbocycles. The van der Waals surface area contributed by atoms with E-state index >= 15 is 0 Å². The lowest BCUT2D eigenvalue weighted by molar-refractivity contribution is 0.0768. The molecule has 0 spiro atoms. The molecule has 1 N–H and O–H groups in total. The van der Waals surface area contributed by atoms with E-state index in [0.717, 1.165) is 42.3 Å². The first-order chi connectivity index (χ1) is 13.8. The zero-order valence-electron chi connectivity index (χ0n) is 14.9. The molecule has 6 nitrogen and oxygen atoms in total. The lowest BCUT2D eigenvalue weighted by Gasteiger charge is -2.10. The van der Waals surface area contributed by atoms with E-state index in [9.17, 15) is 26.7 Å². The zero-order valence-corrected chi connectivity index (χ0v) is 14.9. The molecular formula is C18H15F5N4O2. The highest BCUT2D eigenvalue weighted by Gasteiger charge is 2.28. The van der Waals surface area contributed by atoms with Crippen molar-refractivity contribution in [3.05, 3.63) is 45.8 Å². The molecule has 3 aromatic rings. The Balaban J connectivity index is 1.95. The van der Waals surface area contributed by atoms with Gasteiger partial charge in [-0.15, -0.1) is 0 Å². The molecule has 154 valence electrons. The van der Waals surface area contributed by atoms with E-state index in [1.165, 1.54) is 0 Å². The van der Waals surface area contributed by atoms with Crippen molar-refractivity contribution in [2.24, 2.45) is 0 Å². The van der Waals surface area contributed by atoms with E-state index in [2.05, 4.69) is 15.1 Å². The number of halogens is 5. The van der Waals surface area contributed by atoms with Gasteiger partial charge in [-0.2, -0.15) is 14.6 Å². The largest absolute Gasteiger partial charge is 0.459 e. The van der Waals surface area contributed by atoms with Gasteiger partial charge in [-0.05, 0) is 30.5 Å². The third-order valence-corrected chi connectivity index (χ3v) is 4.86. The van der Waals surface area contributed by atoms with Crippen molar-refractivity contribution >= 4 is 5.65 Å². The SMILES string of the molecule is O=c1[nH]c(OCC(F)F)nc2c(-c3cc(F)c(F)c(F)c3)c(C3CCCC3)nn12. The summed E-state index contributed by atoms with van der Waals surface area (Å²) in [7, 11) is 0. The van der Waals surface area contributed by atoms with Crippen LogP contribution in [0.15, 0.2) is 16.9 Å². The van der Waals surface area contributed by atoms with E-state index in [0.29, 0.717) is 5.69 Å². The minimum atomic E-state index is -2.80. The Hall–Kier alpha value is -2.98. The summed E-state index contributed by atoms with van der Waals surface area (Å²) in [4.78, 5) is 18.6. The molecule has 4 rings (SSSR count). The lowest BCUT2D eigenvalue weighted by Crippen LogP contribution is -2.21. The molecule has 1 saturated carbocycles. The fourth-order valence-corrected chi connectivity index (χ4v) is 3.61. The van der Waals surface area contributed by atoms with Crippen molar-refractivity contribution in [1.82, 2.24) is 19.6 Å². The van der Waals surface area contributed by atoms with Crippen molar-refractivity contribution in [1.29, 1.82) is 0 Å². The van der Waals surface area contributed by atoms with Gasteiger partial charge < -0.3 is 4.74 Å². The fraction of sp³-hybridized carbons (Fsp3) is 0.389. The molecule has 0 radical (unpaired) electrons. The highest BCUT2D eigenvalue weighted by molar-refractivity contribution is 5.80. The number of rotatable bonds is 5. The third-order valence-electron chi connectivity index (χ3n) is 4.86. The standard InChI is InChI=1S/C18H15F5N4O2/c19-10-5-9(6-11(20)14(10)23)13-15(8-3-1-2-4-8)26-27-16(13)24-17(25-18(27)28)29-7-12(21)22/h5-6,8,12H,1-4,7H2,(H,24,25,28). The van der Waals surface area contributed by atoms with Gasteiger partial charge in [-0.3, -0.25) is 4.98 Å². The Morgan fingerprint density at radius 2 is 1.83 bits per heavy atom. The van der Waals surface area contributed by atoms with Gasteiger partial charge in [0.2, 0.25) is 0 Å². The predicted octanol–water partition coefficient (Wildman–Crippen LogP) is 3.80. The number of nitrogens with zero attached hydrogens (tertiary/aromatic N) is 3. The molecule has 1 aromatic carbocycles. The van der Waals surface area contributed by atoms with Crippen molar-refractivity contribution in [2.75, 3.05) is 6.61 Å². The van der Waals surface area contributed by atoms with Crippen LogP contribution in [-0.4, -0.2) is 32.6 Å². The monoisotopic (exact) mass is 414 g/mol. The van der Waals surface area contributed by atoms with E-state index < -0.39 is 42.2 Å². The van der Waals surface area contributed by atoms with Gasteiger partial charge in [0.1, 0.15) is 0 Å². The maximum atomic E-state index is 13.9. The van der Waals surface area contributed by atoms with Crippen LogP contribution in [0.5, 0.6) is 6.01 Å². The first-order valence-corrected chi connectivity index (χ1v) is 8.94. The molecule has 0 atom stereocenters. The van der Waals surface area contributed by atoms with E-state index in [1.54, 1.807) is 0 Å². The van der Waals surface area contributed by atoms with Crippen LogP contribution >= 0.6 is 0 Å². The Kier molecular flexibility index (Phi) is 4.97. The molecule has 11 heteroatoms. The molecule has 2 heterocycles. The topological polar surface area (TPSA) is 72.3 Å². The summed E-state index contributed by atoms with van der Waals surface area (Å²) < 4.78 is 71.7. The number of hydrogen-bond acceptors (Lipinski definition) is 4. The van der Waals surface area contributed by atoms with Gasteiger partial charge >= 0.3 is 5.69 Å². The second-order valence-electron chi connectivity index (χ2n) is 6.78. The van der Waals surface area contributed by atoms with Gasteiger partial charge in [0, 0.05) is 5.92 Å².